The van der Waals surface area contributed by atoms with Gasteiger partial charge < -0.3 is 15.6 Å². The van der Waals surface area contributed by atoms with Crippen molar-refractivity contribution in [2.24, 2.45) is 0 Å². The van der Waals surface area contributed by atoms with Crippen molar-refractivity contribution in [1.29, 1.82) is 0 Å². The summed E-state index contributed by atoms with van der Waals surface area (Å²) < 4.78 is 7.40. The van der Waals surface area contributed by atoms with E-state index in [2.05, 4.69) is 5.10 Å². The largest absolute Gasteiger partial charge is 0.487 e. The van der Waals surface area contributed by atoms with Crippen molar-refractivity contribution < 1.29 is 14.6 Å². The molecule has 21 heavy (non-hydrogen) atoms. The molecule has 0 saturated heterocycles. The number of nitrogens with two attached hydrogens (primary N) is 1. The molecule has 6 nitrogen and oxygen atoms in total. The van der Waals surface area contributed by atoms with Gasteiger partial charge in [0.15, 0.2) is 0 Å². The summed E-state index contributed by atoms with van der Waals surface area (Å²) in [5.41, 5.74) is 7.41. The van der Waals surface area contributed by atoms with Gasteiger partial charge in [-0.3, -0.25) is 4.68 Å². The van der Waals surface area contributed by atoms with Crippen molar-refractivity contribution in [3.8, 4) is 5.75 Å². The zero-order valence-corrected chi connectivity index (χ0v) is 12.5. The molecule has 0 radical (unpaired) electrons. The zero-order chi connectivity index (χ0) is 15.6. The minimum Gasteiger partial charge on any atom is -0.487 e. The van der Waals surface area contributed by atoms with Gasteiger partial charge in [-0.25, -0.2) is 4.79 Å². The quantitative estimate of drug-likeness (QED) is 0.829. The smallest absolute Gasteiger partial charge is 0.337 e. The maximum absolute atomic E-state index is 10.9. The van der Waals surface area contributed by atoms with E-state index in [9.17, 15) is 4.79 Å². The van der Waals surface area contributed by atoms with Crippen LogP contribution in [0.5, 0.6) is 5.75 Å². The lowest BCUT2D eigenvalue weighted by Crippen LogP contribution is -2.07. The lowest BCUT2D eigenvalue weighted by atomic mass is 10.2. The Morgan fingerprint density at radius 3 is 2.81 bits per heavy atom. The van der Waals surface area contributed by atoms with Gasteiger partial charge in [0.25, 0.3) is 0 Å². The SMILES string of the molecule is CCn1nc(C)c(Cl)c1COc1ccc(C(=O)O)c(N)c1. The molecule has 7 heteroatoms. The Kier molecular flexibility index (Phi) is 4.37. The molecule has 0 unspecified atom stereocenters. The lowest BCUT2D eigenvalue weighted by molar-refractivity contribution is 0.0698. The number of carboxylic acids is 1. The van der Waals surface area contributed by atoms with Gasteiger partial charge in [-0.05, 0) is 26.0 Å². The standard InChI is InChI=1S/C14H16ClN3O3/c1-3-18-12(13(15)8(2)17-18)7-21-9-4-5-10(14(19)20)11(16)6-9/h4-6H,3,7,16H2,1-2H3,(H,19,20). The number of carbonyl (C=O) groups is 1. The van der Waals surface area contributed by atoms with Gasteiger partial charge in [0.1, 0.15) is 12.4 Å². The lowest BCUT2D eigenvalue weighted by Gasteiger charge is -2.10. The third-order valence-electron chi connectivity index (χ3n) is 3.08. The molecular weight excluding hydrogens is 294 g/mol. The molecule has 0 aliphatic carbocycles. The molecule has 2 aromatic rings. The minimum absolute atomic E-state index is 0.0508. The van der Waals surface area contributed by atoms with Crippen LogP contribution in [0.25, 0.3) is 0 Å². The molecule has 0 fully saturated rings. The van der Waals surface area contributed by atoms with Gasteiger partial charge >= 0.3 is 5.97 Å². The summed E-state index contributed by atoms with van der Waals surface area (Å²) in [6.45, 7) is 4.72. The normalized spacial score (nSPS) is 10.6. The molecule has 0 amide bonds. The number of rotatable bonds is 5. The van der Waals surface area contributed by atoms with Crippen LogP contribution in [0.4, 0.5) is 5.69 Å². The molecule has 0 spiro atoms. The van der Waals surface area contributed by atoms with Crippen LogP contribution in [0, 0.1) is 6.92 Å². The van der Waals surface area contributed by atoms with Gasteiger partial charge in [0.2, 0.25) is 0 Å². The number of carboxylic acid groups (broad SMARTS) is 1. The summed E-state index contributed by atoms with van der Waals surface area (Å²) in [7, 11) is 0. The van der Waals surface area contributed by atoms with Crippen LogP contribution < -0.4 is 10.5 Å². The van der Waals surface area contributed by atoms with E-state index in [1.54, 1.807) is 10.7 Å². The number of halogens is 1. The Balaban J connectivity index is 2.17. The predicted molar refractivity (Wildman–Crippen MR) is 79.8 cm³/mol. The Bertz CT molecular complexity index is 682. The first kappa shape index (κ1) is 15.2. The summed E-state index contributed by atoms with van der Waals surface area (Å²) in [6.07, 6.45) is 0. The van der Waals surface area contributed by atoms with E-state index in [-0.39, 0.29) is 17.9 Å². The van der Waals surface area contributed by atoms with E-state index in [1.807, 2.05) is 13.8 Å². The van der Waals surface area contributed by atoms with Crippen LogP contribution in [0.1, 0.15) is 28.7 Å². The van der Waals surface area contributed by atoms with Crippen molar-refractivity contribution in [1.82, 2.24) is 9.78 Å². The molecule has 2 rings (SSSR count). The fourth-order valence-electron chi connectivity index (χ4n) is 1.98. The van der Waals surface area contributed by atoms with E-state index < -0.39 is 5.97 Å². The molecular formula is C14H16ClN3O3. The molecule has 1 aromatic heterocycles. The second kappa shape index (κ2) is 6.05. The number of benzene rings is 1. The second-order valence-electron chi connectivity index (χ2n) is 4.50. The molecule has 0 atom stereocenters. The van der Waals surface area contributed by atoms with Crippen molar-refractivity contribution in [3.05, 3.63) is 40.2 Å². The number of hydrogen-bond acceptors (Lipinski definition) is 4. The average molecular weight is 310 g/mol. The highest BCUT2D eigenvalue weighted by Crippen LogP contribution is 2.24. The second-order valence-corrected chi connectivity index (χ2v) is 4.88. The van der Waals surface area contributed by atoms with Crippen LogP contribution in [0.2, 0.25) is 5.02 Å². The number of nitrogen functional groups attached to an aromatic ring is 1. The summed E-state index contributed by atoms with van der Waals surface area (Å²) in [4.78, 5) is 10.9. The third kappa shape index (κ3) is 3.11. The van der Waals surface area contributed by atoms with Crippen molar-refractivity contribution in [3.63, 3.8) is 0 Å². The Labute approximate surface area is 127 Å². The van der Waals surface area contributed by atoms with Gasteiger partial charge in [0.05, 0.1) is 22.0 Å². The number of aromatic carboxylic acids is 1. The number of nitrogens with zero attached hydrogens (tertiary/aromatic N) is 2. The van der Waals surface area contributed by atoms with Crippen LogP contribution in [-0.2, 0) is 13.2 Å². The summed E-state index contributed by atoms with van der Waals surface area (Å²) >= 11 is 6.19. The maximum Gasteiger partial charge on any atom is 0.337 e. The summed E-state index contributed by atoms with van der Waals surface area (Å²) in [5.74, 6) is -0.586. The number of aromatic nitrogens is 2. The highest BCUT2D eigenvalue weighted by molar-refractivity contribution is 6.31. The molecule has 1 aromatic carbocycles. The summed E-state index contributed by atoms with van der Waals surface area (Å²) in [6, 6.07) is 4.46. The monoisotopic (exact) mass is 309 g/mol. The Morgan fingerprint density at radius 1 is 1.52 bits per heavy atom. The van der Waals surface area contributed by atoms with E-state index in [0.29, 0.717) is 17.3 Å². The van der Waals surface area contributed by atoms with Gasteiger partial charge in [-0.15, -0.1) is 0 Å². The fourth-order valence-corrected chi connectivity index (χ4v) is 2.17. The topological polar surface area (TPSA) is 90.4 Å². The van der Waals surface area contributed by atoms with Crippen LogP contribution in [-0.4, -0.2) is 20.9 Å². The van der Waals surface area contributed by atoms with E-state index in [4.69, 9.17) is 27.2 Å². The number of hydrogen-bond donors (Lipinski definition) is 2. The number of anilines is 1. The van der Waals surface area contributed by atoms with Crippen LogP contribution in [0.15, 0.2) is 18.2 Å². The van der Waals surface area contributed by atoms with Crippen molar-refractivity contribution in [2.45, 2.75) is 27.0 Å². The van der Waals surface area contributed by atoms with E-state index in [1.165, 1.54) is 12.1 Å². The maximum atomic E-state index is 10.9. The summed E-state index contributed by atoms with van der Waals surface area (Å²) in [5, 5.41) is 13.8. The first-order valence-electron chi connectivity index (χ1n) is 6.41. The predicted octanol–water partition coefficient (Wildman–Crippen LogP) is 2.72. The van der Waals surface area contributed by atoms with Gasteiger partial charge in [-0.1, -0.05) is 11.6 Å². The Morgan fingerprint density at radius 2 is 2.24 bits per heavy atom. The van der Waals surface area contributed by atoms with Crippen molar-refractivity contribution in [2.75, 3.05) is 5.73 Å². The fraction of sp³-hybridized carbons (Fsp3) is 0.286. The van der Waals surface area contributed by atoms with Gasteiger partial charge in [0, 0.05) is 18.3 Å². The highest BCUT2D eigenvalue weighted by atomic mass is 35.5. The van der Waals surface area contributed by atoms with Crippen LogP contribution in [0.3, 0.4) is 0 Å². The molecule has 112 valence electrons. The molecule has 1 heterocycles. The average Bonchev–Trinajstić information content (AvgIpc) is 2.71. The number of aryl methyl sites for hydroxylation is 2. The Hall–Kier alpha value is -2.21. The first-order chi connectivity index (χ1) is 9.93. The van der Waals surface area contributed by atoms with Crippen molar-refractivity contribution >= 4 is 23.3 Å². The first-order valence-corrected chi connectivity index (χ1v) is 6.79. The molecule has 0 aliphatic rings. The molecule has 0 bridgehead atoms. The highest BCUT2D eigenvalue weighted by Gasteiger charge is 2.14. The third-order valence-corrected chi connectivity index (χ3v) is 3.57. The minimum atomic E-state index is -1.07. The zero-order valence-electron chi connectivity index (χ0n) is 11.8. The van der Waals surface area contributed by atoms with Crippen LogP contribution >= 0.6 is 11.6 Å². The molecule has 0 saturated carbocycles. The van der Waals surface area contributed by atoms with E-state index in [0.717, 1.165) is 11.4 Å². The van der Waals surface area contributed by atoms with Gasteiger partial charge in [-0.2, -0.15) is 5.10 Å². The molecule has 0 aliphatic heterocycles. The number of ether oxygens (including phenoxy) is 1. The van der Waals surface area contributed by atoms with E-state index >= 15 is 0 Å². The molecule has 3 N–H and O–H groups in total.